The Morgan fingerprint density at radius 1 is 1.29 bits per heavy atom. The molecular weight excluding hydrogens is 456 g/mol. The zero-order valence-corrected chi connectivity index (χ0v) is 20.3. The Morgan fingerprint density at radius 2 is 2.06 bits per heavy atom. The van der Waals surface area contributed by atoms with E-state index in [0.29, 0.717) is 6.42 Å². The van der Waals surface area contributed by atoms with Crippen molar-refractivity contribution in [3.63, 3.8) is 0 Å². The molecule has 3 fully saturated rings. The maximum atomic E-state index is 13.8. The number of aromatic nitrogens is 3. The van der Waals surface area contributed by atoms with Gasteiger partial charge in [0.15, 0.2) is 0 Å². The molecule has 1 aromatic heterocycles. The molecular formula is C23H30N6O4S. The second-order valence-corrected chi connectivity index (χ2v) is 11.3. The molecule has 1 aromatic carbocycles. The Hall–Kier alpha value is -2.66. The number of hydrogen-bond acceptors (Lipinski definition) is 7. The number of amides is 3. The summed E-state index contributed by atoms with van der Waals surface area (Å²) in [6.07, 6.45) is 1.46. The standard InChI is InChI=1S/C23H30N6O4S/c1-12(2)15(10-30)29-19(21(32)25-11-28-14-7-5-4-6-13(14)26-27-28)23-9-8-16(34-23)17(20(31)24-3)18(23)22(29)33/h4-7,12,15-19,30H,8-11H2,1-3H3,(H,24,31)(H,25,32)/t15-,16-,17+,18-,19?,23?/m0/s1. The van der Waals surface area contributed by atoms with Gasteiger partial charge in [0.2, 0.25) is 17.7 Å². The van der Waals surface area contributed by atoms with Gasteiger partial charge in [-0.1, -0.05) is 31.2 Å². The Kier molecular flexibility index (Phi) is 5.79. The summed E-state index contributed by atoms with van der Waals surface area (Å²) in [5.74, 6) is -1.76. The number of aliphatic hydroxyl groups is 1. The highest BCUT2D eigenvalue weighted by molar-refractivity contribution is 8.02. The summed E-state index contributed by atoms with van der Waals surface area (Å²) in [5, 5.41) is 24.2. The lowest BCUT2D eigenvalue weighted by Gasteiger charge is -2.38. The molecule has 34 heavy (non-hydrogen) atoms. The summed E-state index contributed by atoms with van der Waals surface area (Å²) < 4.78 is 0.928. The molecule has 2 bridgehead atoms. The summed E-state index contributed by atoms with van der Waals surface area (Å²) >= 11 is 1.61. The maximum Gasteiger partial charge on any atom is 0.245 e. The highest BCUT2D eigenvalue weighted by Crippen LogP contribution is 2.66. The van der Waals surface area contributed by atoms with Crippen LogP contribution in [0.1, 0.15) is 26.7 Å². The molecule has 0 aliphatic carbocycles. The van der Waals surface area contributed by atoms with Crippen LogP contribution in [-0.2, 0) is 21.1 Å². The average molecular weight is 487 g/mol. The van der Waals surface area contributed by atoms with Crippen molar-refractivity contribution in [2.24, 2.45) is 17.8 Å². The number of hydrogen-bond donors (Lipinski definition) is 3. The molecule has 11 heteroatoms. The smallest absolute Gasteiger partial charge is 0.245 e. The second-order valence-electron chi connectivity index (χ2n) is 9.69. The van der Waals surface area contributed by atoms with E-state index in [-0.39, 0.29) is 42.2 Å². The third-order valence-electron chi connectivity index (χ3n) is 7.67. The fraction of sp³-hybridized carbons (Fsp3) is 0.609. The van der Waals surface area contributed by atoms with Gasteiger partial charge in [0.05, 0.1) is 34.7 Å². The van der Waals surface area contributed by atoms with Crippen LogP contribution in [0.2, 0.25) is 0 Å². The number of likely N-dealkylation sites (tertiary alicyclic amines) is 1. The predicted molar refractivity (Wildman–Crippen MR) is 126 cm³/mol. The molecule has 3 aliphatic rings. The average Bonchev–Trinajstić information content (AvgIpc) is 3.57. The summed E-state index contributed by atoms with van der Waals surface area (Å²) in [5.41, 5.74) is 1.52. The van der Waals surface area contributed by atoms with Gasteiger partial charge in [-0.2, -0.15) is 0 Å². The first-order chi connectivity index (χ1) is 16.3. The molecule has 2 unspecified atom stereocenters. The molecule has 3 N–H and O–H groups in total. The van der Waals surface area contributed by atoms with E-state index in [1.165, 1.54) is 0 Å². The summed E-state index contributed by atoms with van der Waals surface area (Å²) in [6, 6.07) is 6.20. The number of aliphatic hydroxyl groups excluding tert-OH is 1. The number of nitrogens with zero attached hydrogens (tertiary/aromatic N) is 4. The van der Waals surface area contributed by atoms with Crippen LogP contribution in [-0.4, -0.2) is 78.5 Å². The monoisotopic (exact) mass is 486 g/mol. The number of fused-ring (bicyclic) bond motifs is 2. The molecule has 10 nitrogen and oxygen atoms in total. The number of nitrogens with one attached hydrogen (secondary N) is 2. The summed E-state index contributed by atoms with van der Waals surface area (Å²) in [4.78, 5) is 42.0. The zero-order chi connectivity index (χ0) is 24.2. The highest BCUT2D eigenvalue weighted by atomic mass is 32.2. The number of rotatable bonds is 7. The van der Waals surface area contributed by atoms with Crippen molar-refractivity contribution in [2.75, 3.05) is 13.7 Å². The van der Waals surface area contributed by atoms with Crippen molar-refractivity contribution in [1.82, 2.24) is 30.5 Å². The SMILES string of the molecule is CNC(=O)[C@@H]1[C@@H]2CCC3(S2)C(C(=O)NCn2nnc4ccccc42)N([C@@H](CO)C(C)C)C(=O)[C@H]13. The summed E-state index contributed by atoms with van der Waals surface area (Å²) in [6.45, 7) is 3.72. The van der Waals surface area contributed by atoms with Gasteiger partial charge in [-0.25, -0.2) is 4.68 Å². The first kappa shape index (κ1) is 23.1. The van der Waals surface area contributed by atoms with E-state index in [0.717, 1.165) is 17.5 Å². The minimum atomic E-state index is -0.774. The van der Waals surface area contributed by atoms with Gasteiger partial charge in [-0.15, -0.1) is 16.9 Å². The zero-order valence-electron chi connectivity index (χ0n) is 19.5. The Balaban J connectivity index is 1.49. The van der Waals surface area contributed by atoms with Crippen LogP contribution in [0, 0.1) is 17.8 Å². The highest BCUT2D eigenvalue weighted by Gasteiger charge is 2.74. The largest absolute Gasteiger partial charge is 0.394 e. The minimum Gasteiger partial charge on any atom is -0.394 e. The number of thioether (sulfide) groups is 1. The predicted octanol–water partition coefficient (Wildman–Crippen LogP) is 0.359. The van der Waals surface area contributed by atoms with E-state index in [2.05, 4.69) is 20.9 Å². The van der Waals surface area contributed by atoms with E-state index in [1.807, 2.05) is 38.1 Å². The molecule has 1 spiro atoms. The van der Waals surface area contributed by atoms with Crippen LogP contribution < -0.4 is 10.6 Å². The van der Waals surface area contributed by atoms with E-state index in [1.54, 1.807) is 28.4 Å². The van der Waals surface area contributed by atoms with Crippen molar-refractivity contribution in [1.29, 1.82) is 0 Å². The third-order valence-corrected chi connectivity index (χ3v) is 9.62. The number of carbonyl (C=O) groups excluding carboxylic acids is 3. The minimum absolute atomic E-state index is 0.0113. The van der Waals surface area contributed by atoms with E-state index in [4.69, 9.17) is 0 Å². The molecule has 3 aliphatic heterocycles. The molecule has 6 atom stereocenters. The topological polar surface area (TPSA) is 129 Å². The first-order valence-electron chi connectivity index (χ1n) is 11.7. The quantitative estimate of drug-likeness (QED) is 0.515. The lowest BCUT2D eigenvalue weighted by atomic mass is 9.71. The van der Waals surface area contributed by atoms with Crippen LogP contribution in [0.3, 0.4) is 0 Å². The van der Waals surface area contributed by atoms with Gasteiger partial charge in [-0.05, 0) is 30.9 Å². The molecule has 4 heterocycles. The number of carbonyl (C=O) groups is 3. The van der Waals surface area contributed by atoms with Gasteiger partial charge in [0, 0.05) is 12.3 Å². The lowest BCUT2D eigenvalue weighted by molar-refractivity contribution is -0.143. The van der Waals surface area contributed by atoms with E-state index < -0.39 is 28.7 Å². The summed E-state index contributed by atoms with van der Waals surface area (Å²) in [7, 11) is 1.58. The second kappa shape index (κ2) is 8.53. The van der Waals surface area contributed by atoms with Gasteiger partial charge < -0.3 is 20.6 Å². The van der Waals surface area contributed by atoms with Crippen LogP contribution in [0.5, 0.6) is 0 Å². The molecule has 3 amide bonds. The molecule has 0 radical (unpaired) electrons. The van der Waals surface area contributed by atoms with Crippen LogP contribution in [0.25, 0.3) is 11.0 Å². The van der Waals surface area contributed by atoms with Gasteiger partial charge in [-0.3, -0.25) is 14.4 Å². The van der Waals surface area contributed by atoms with Gasteiger partial charge in [0.25, 0.3) is 0 Å². The van der Waals surface area contributed by atoms with Crippen molar-refractivity contribution in [3.05, 3.63) is 24.3 Å². The normalized spacial score (nSPS) is 30.7. The van der Waals surface area contributed by atoms with Crippen LogP contribution in [0.4, 0.5) is 0 Å². The molecule has 3 saturated heterocycles. The number of benzene rings is 1. The molecule has 182 valence electrons. The van der Waals surface area contributed by atoms with Gasteiger partial charge >= 0.3 is 0 Å². The van der Waals surface area contributed by atoms with Crippen molar-refractivity contribution in [3.8, 4) is 0 Å². The third kappa shape index (κ3) is 3.24. The molecule has 2 aromatic rings. The fourth-order valence-corrected chi connectivity index (χ4v) is 8.32. The van der Waals surface area contributed by atoms with E-state index in [9.17, 15) is 19.5 Å². The van der Waals surface area contributed by atoms with Crippen LogP contribution in [0.15, 0.2) is 24.3 Å². The van der Waals surface area contributed by atoms with Crippen molar-refractivity contribution < 1.29 is 19.5 Å². The Morgan fingerprint density at radius 3 is 2.76 bits per heavy atom. The Bertz CT molecular complexity index is 1140. The maximum absolute atomic E-state index is 13.8. The molecule has 5 rings (SSSR count). The van der Waals surface area contributed by atoms with Gasteiger partial charge in [0.1, 0.15) is 18.2 Å². The first-order valence-corrected chi connectivity index (χ1v) is 12.6. The Labute approximate surface area is 201 Å². The lowest BCUT2D eigenvalue weighted by Crippen LogP contribution is -2.57. The van der Waals surface area contributed by atoms with E-state index >= 15 is 0 Å². The van der Waals surface area contributed by atoms with Crippen molar-refractivity contribution >= 4 is 40.5 Å². The number of para-hydroxylation sites is 1. The fourth-order valence-electron chi connectivity index (χ4n) is 6.12. The van der Waals surface area contributed by atoms with Crippen molar-refractivity contribution in [2.45, 2.75) is 55.4 Å². The molecule has 0 saturated carbocycles. The van der Waals surface area contributed by atoms with Crippen LogP contribution >= 0.6 is 11.8 Å².